The zero-order valence-corrected chi connectivity index (χ0v) is 9.09. The molecule has 0 spiro atoms. The van der Waals surface area contributed by atoms with Gasteiger partial charge in [0.05, 0.1) is 0 Å². The standard InChI is InChI=1S/C8H14O2S2/c1-3-8(7(2)9)11-5-4-6-12(8)10/h3-6H2,1-2H3/t8-,12-/m1/s1. The van der Waals surface area contributed by atoms with Crippen molar-refractivity contribution in [2.75, 3.05) is 11.5 Å². The second kappa shape index (κ2) is 3.92. The summed E-state index contributed by atoms with van der Waals surface area (Å²) in [5, 5.41) is 0. The molecule has 1 saturated heterocycles. The minimum absolute atomic E-state index is 0.0769. The van der Waals surface area contributed by atoms with E-state index in [2.05, 4.69) is 0 Å². The molecular formula is C8H14O2S2. The number of rotatable bonds is 2. The van der Waals surface area contributed by atoms with E-state index < -0.39 is 14.9 Å². The molecule has 1 heterocycles. The number of ketones is 1. The maximum Gasteiger partial charge on any atom is 0.158 e. The van der Waals surface area contributed by atoms with Crippen LogP contribution >= 0.6 is 11.8 Å². The predicted octanol–water partition coefficient (Wildman–Crippen LogP) is 1.57. The Kier molecular flexibility index (Phi) is 3.35. The fourth-order valence-corrected chi connectivity index (χ4v) is 5.04. The number of hydrogen-bond acceptors (Lipinski definition) is 3. The van der Waals surface area contributed by atoms with E-state index in [0.717, 1.165) is 12.2 Å². The van der Waals surface area contributed by atoms with E-state index in [0.29, 0.717) is 12.2 Å². The molecule has 1 rings (SSSR count). The van der Waals surface area contributed by atoms with Gasteiger partial charge in [0.15, 0.2) is 5.78 Å². The van der Waals surface area contributed by atoms with Gasteiger partial charge in [-0.2, -0.15) is 0 Å². The Morgan fingerprint density at radius 2 is 2.33 bits per heavy atom. The number of hydrogen-bond donors (Lipinski definition) is 0. The Balaban J connectivity index is 2.88. The first kappa shape index (κ1) is 10.3. The van der Waals surface area contributed by atoms with Crippen molar-refractivity contribution in [1.82, 2.24) is 0 Å². The largest absolute Gasteiger partial charge is 0.297 e. The van der Waals surface area contributed by atoms with Crippen LogP contribution in [0.3, 0.4) is 0 Å². The van der Waals surface area contributed by atoms with E-state index >= 15 is 0 Å². The van der Waals surface area contributed by atoms with Crippen LogP contribution in [0, 0.1) is 0 Å². The molecule has 1 fully saturated rings. The lowest BCUT2D eigenvalue weighted by molar-refractivity contribution is -0.117. The van der Waals surface area contributed by atoms with Crippen molar-refractivity contribution in [1.29, 1.82) is 0 Å². The van der Waals surface area contributed by atoms with Gasteiger partial charge in [0, 0.05) is 16.6 Å². The molecule has 2 nitrogen and oxygen atoms in total. The average Bonchev–Trinajstić information content (AvgIpc) is 2.05. The van der Waals surface area contributed by atoms with Gasteiger partial charge in [0.1, 0.15) is 4.08 Å². The van der Waals surface area contributed by atoms with Crippen molar-refractivity contribution in [2.45, 2.75) is 30.8 Å². The second-order valence-electron chi connectivity index (χ2n) is 2.91. The lowest BCUT2D eigenvalue weighted by Crippen LogP contribution is -2.41. The van der Waals surface area contributed by atoms with E-state index in [4.69, 9.17) is 0 Å². The van der Waals surface area contributed by atoms with Gasteiger partial charge in [0.25, 0.3) is 0 Å². The molecule has 12 heavy (non-hydrogen) atoms. The third-order valence-electron chi connectivity index (χ3n) is 2.18. The molecule has 0 N–H and O–H groups in total. The van der Waals surface area contributed by atoms with E-state index in [9.17, 15) is 9.00 Å². The number of Topliss-reactive ketones (excluding diaryl/α,β-unsaturated/α-hetero) is 1. The number of thioether (sulfide) groups is 1. The van der Waals surface area contributed by atoms with Crippen molar-refractivity contribution < 1.29 is 9.00 Å². The summed E-state index contributed by atoms with van der Waals surface area (Å²) in [5.74, 6) is 1.74. The van der Waals surface area contributed by atoms with Gasteiger partial charge in [-0.05, 0) is 25.5 Å². The summed E-state index contributed by atoms with van der Waals surface area (Å²) in [6.45, 7) is 3.50. The average molecular weight is 206 g/mol. The summed E-state index contributed by atoms with van der Waals surface area (Å²) >= 11 is 1.58. The summed E-state index contributed by atoms with van der Waals surface area (Å²) < 4.78 is 11.1. The Hall–Kier alpha value is 0.170. The lowest BCUT2D eigenvalue weighted by Gasteiger charge is -2.32. The van der Waals surface area contributed by atoms with Gasteiger partial charge in [-0.1, -0.05) is 6.92 Å². The van der Waals surface area contributed by atoms with E-state index in [1.165, 1.54) is 0 Å². The smallest absolute Gasteiger partial charge is 0.158 e. The fraction of sp³-hybridized carbons (Fsp3) is 0.875. The molecule has 4 heteroatoms. The third kappa shape index (κ3) is 1.59. The van der Waals surface area contributed by atoms with Gasteiger partial charge < -0.3 is 0 Å². The molecule has 0 bridgehead atoms. The fourth-order valence-electron chi connectivity index (χ4n) is 1.43. The molecule has 0 saturated carbocycles. The first-order valence-corrected chi connectivity index (χ1v) is 6.47. The van der Waals surface area contributed by atoms with Gasteiger partial charge in [-0.15, -0.1) is 11.8 Å². The zero-order chi connectivity index (χ0) is 9.19. The highest BCUT2D eigenvalue weighted by Crippen LogP contribution is 2.38. The highest BCUT2D eigenvalue weighted by molar-refractivity contribution is 8.14. The number of carbonyl (C=O) groups is 1. The molecule has 1 aliphatic rings. The molecule has 2 atom stereocenters. The normalized spacial score (nSPS) is 36.3. The molecule has 0 aromatic carbocycles. The zero-order valence-electron chi connectivity index (χ0n) is 7.46. The Labute approximate surface area is 79.9 Å². The van der Waals surface area contributed by atoms with E-state index in [-0.39, 0.29) is 5.78 Å². The lowest BCUT2D eigenvalue weighted by atomic mass is 10.2. The minimum Gasteiger partial charge on any atom is -0.297 e. The van der Waals surface area contributed by atoms with Gasteiger partial charge in [-0.3, -0.25) is 9.00 Å². The minimum atomic E-state index is -0.953. The number of carbonyl (C=O) groups excluding carboxylic acids is 1. The van der Waals surface area contributed by atoms with Gasteiger partial charge in [0.2, 0.25) is 0 Å². The summed E-state index contributed by atoms with van der Waals surface area (Å²) in [6, 6.07) is 0. The summed E-state index contributed by atoms with van der Waals surface area (Å²) in [4.78, 5) is 11.3. The van der Waals surface area contributed by atoms with Crippen molar-refractivity contribution in [2.24, 2.45) is 0 Å². The molecule has 0 aromatic heterocycles. The van der Waals surface area contributed by atoms with Gasteiger partial charge >= 0.3 is 0 Å². The molecule has 0 amide bonds. The van der Waals surface area contributed by atoms with Crippen LogP contribution in [0.5, 0.6) is 0 Å². The Bertz CT molecular complexity index is 215. The maximum absolute atomic E-state index is 11.7. The van der Waals surface area contributed by atoms with Crippen molar-refractivity contribution in [3.05, 3.63) is 0 Å². The predicted molar refractivity (Wildman–Crippen MR) is 53.8 cm³/mol. The second-order valence-corrected chi connectivity index (χ2v) is 6.36. The van der Waals surface area contributed by atoms with Crippen molar-refractivity contribution in [3.63, 3.8) is 0 Å². The van der Waals surface area contributed by atoms with Crippen LogP contribution in [-0.2, 0) is 15.6 Å². The summed E-state index contributed by atoms with van der Waals surface area (Å²) in [5.41, 5.74) is 0. The van der Waals surface area contributed by atoms with Crippen molar-refractivity contribution in [3.8, 4) is 0 Å². The highest BCUT2D eigenvalue weighted by atomic mass is 32.2. The third-order valence-corrected chi connectivity index (χ3v) is 6.60. The topological polar surface area (TPSA) is 34.1 Å². The van der Waals surface area contributed by atoms with Crippen LogP contribution < -0.4 is 0 Å². The Morgan fingerprint density at radius 1 is 1.67 bits per heavy atom. The van der Waals surface area contributed by atoms with Crippen LogP contribution in [0.1, 0.15) is 26.7 Å². The summed E-state index contributed by atoms with van der Waals surface area (Å²) in [6.07, 6.45) is 1.67. The molecule has 1 aliphatic heterocycles. The molecule has 70 valence electrons. The van der Waals surface area contributed by atoms with Crippen LogP contribution in [0.4, 0.5) is 0 Å². The molecule has 0 aromatic rings. The van der Waals surface area contributed by atoms with Crippen LogP contribution in [0.2, 0.25) is 0 Å². The monoisotopic (exact) mass is 206 g/mol. The first-order chi connectivity index (χ1) is 5.63. The van der Waals surface area contributed by atoms with Crippen LogP contribution in [-0.4, -0.2) is 25.6 Å². The van der Waals surface area contributed by atoms with E-state index in [1.54, 1.807) is 18.7 Å². The molecule has 0 radical (unpaired) electrons. The Morgan fingerprint density at radius 3 is 2.67 bits per heavy atom. The van der Waals surface area contributed by atoms with Crippen LogP contribution in [0.25, 0.3) is 0 Å². The van der Waals surface area contributed by atoms with Crippen LogP contribution in [0.15, 0.2) is 0 Å². The van der Waals surface area contributed by atoms with E-state index in [1.807, 2.05) is 6.92 Å². The first-order valence-electron chi connectivity index (χ1n) is 4.17. The molecular weight excluding hydrogens is 192 g/mol. The SMILES string of the molecule is CC[C@@]1(C(C)=O)SCCC[S@]1=O. The summed E-state index contributed by atoms with van der Waals surface area (Å²) in [7, 11) is -0.953. The maximum atomic E-state index is 11.7. The molecule has 0 aliphatic carbocycles. The van der Waals surface area contributed by atoms with Gasteiger partial charge in [-0.25, -0.2) is 0 Å². The quantitative estimate of drug-likeness (QED) is 0.687. The highest BCUT2D eigenvalue weighted by Gasteiger charge is 2.42. The van der Waals surface area contributed by atoms with Crippen molar-refractivity contribution >= 4 is 28.3 Å². The molecule has 0 unspecified atom stereocenters.